The molecule has 0 aliphatic rings. The molecule has 102 valence electrons. The normalized spacial score (nSPS) is 11.2. The van der Waals surface area contributed by atoms with Gasteiger partial charge in [-0.1, -0.05) is 29.8 Å². The maximum atomic E-state index is 13.3. The lowest BCUT2D eigenvalue weighted by Crippen LogP contribution is -2.23. The molecule has 1 aromatic carbocycles. The number of benzene rings is 1. The fourth-order valence-electron chi connectivity index (χ4n) is 1.79. The number of hydrogen-bond donors (Lipinski definition) is 1. The van der Waals surface area contributed by atoms with Gasteiger partial charge in [0.25, 0.3) is 0 Å². The molecule has 0 bridgehead atoms. The van der Waals surface area contributed by atoms with Gasteiger partial charge < -0.3 is 5.32 Å². The molecule has 0 saturated heterocycles. The zero-order valence-electron chi connectivity index (χ0n) is 11.0. The van der Waals surface area contributed by atoms with Gasteiger partial charge in [-0.25, -0.2) is 4.39 Å². The van der Waals surface area contributed by atoms with Gasteiger partial charge in [0.2, 0.25) is 0 Å². The van der Waals surface area contributed by atoms with Gasteiger partial charge in [0, 0.05) is 23.3 Å². The van der Waals surface area contributed by atoms with Crippen molar-refractivity contribution >= 4 is 15.9 Å². The highest BCUT2D eigenvalue weighted by Gasteiger charge is 2.07. The van der Waals surface area contributed by atoms with E-state index in [0.29, 0.717) is 12.6 Å². The first-order valence-corrected chi connectivity index (χ1v) is 7.03. The Morgan fingerprint density at radius 1 is 1.37 bits per heavy atom. The molecule has 5 heteroatoms. The first-order chi connectivity index (χ1) is 9.06. The number of nitrogens with one attached hydrogen (secondary N) is 1. The SMILES string of the molecule is CC(C)NCc1ccnn1Cc1cc(F)ccc1Br. The van der Waals surface area contributed by atoms with E-state index in [1.807, 2.05) is 10.7 Å². The maximum Gasteiger partial charge on any atom is 0.123 e. The lowest BCUT2D eigenvalue weighted by molar-refractivity contribution is 0.545. The third-order valence-corrected chi connectivity index (χ3v) is 3.60. The standard InChI is InChI=1S/C14H17BrFN3/c1-10(2)17-8-13-5-6-18-19(13)9-11-7-12(16)3-4-14(11)15/h3-7,10,17H,8-9H2,1-2H3. The third kappa shape index (κ3) is 3.88. The predicted molar refractivity (Wildman–Crippen MR) is 77.4 cm³/mol. The molecule has 0 fully saturated rings. The van der Waals surface area contributed by atoms with Crippen LogP contribution in [-0.4, -0.2) is 15.8 Å². The minimum absolute atomic E-state index is 0.229. The van der Waals surface area contributed by atoms with Crippen LogP contribution in [-0.2, 0) is 13.1 Å². The van der Waals surface area contributed by atoms with Crippen LogP contribution >= 0.6 is 15.9 Å². The van der Waals surface area contributed by atoms with Crippen molar-refractivity contribution < 1.29 is 4.39 Å². The van der Waals surface area contributed by atoms with E-state index < -0.39 is 0 Å². The highest BCUT2D eigenvalue weighted by Crippen LogP contribution is 2.19. The molecule has 1 aromatic heterocycles. The first-order valence-electron chi connectivity index (χ1n) is 6.24. The molecule has 3 nitrogen and oxygen atoms in total. The van der Waals surface area contributed by atoms with Gasteiger partial charge in [0.05, 0.1) is 12.2 Å². The molecular weight excluding hydrogens is 309 g/mol. The summed E-state index contributed by atoms with van der Waals surface area (Å²) < 4.78 is 16.0. The number of hydrogen-bond acceptors (Lipinski definition) is 2. The van der Waals surface area contributed by atoms with Gasteiger partial charge in [-0.2, -0.15) is 5.10 Å². The highest BCUT2D eigenvalue weighted by atomic mass is 79.9. The van der Waals surface area contributed by atoms with E-state index in [4.69, 9.17) is 0 Å². The van der Waals surface area contributed by atoms with Gasteiger partial charge in [-0.3, -0.25) is 4.68 Å². The largest absolute Gasteiger partial charge is 0.309 e. The molecule has 0 unspecified atom stereocenters. The van der Waals surface area contributed by atoms with Crippen molar-refractivity contribution in [2.75, 3.05) is 0 Å². The van der Waals surface area contributed by atoms with Crippen LogP contribution < -0.4 is 5.32 Å². The zero-order valence-corrected chi connectivity index (χ0v) is 12.6. The Bertz CT molecular complexity index is 551. The molecule has 0 amide bonds. The molecule has 2 aromatic rings. The van der Waals surface area contributed by atoms with Crippen LogP contribution in [0.4, 0.5) is 4.39 Å². The Kier molecular flexibility index (Phi) is 4.71. The van der Waals surface area contributed by atoms with Gasteiger partial charge in [-0.05, 0) is 29.8 Å². The highest BCUT2D eigenvalue weighted by molar-refractivity contribution is 9.10. The topological polar surface area (TPSA) is 29.9 Å². The van der Waals surface area contributed by atoms with Crippen molar-refractivity contribution in [1.82, 2.24) is 15.1 Å². The van der Waals surface area contributed by atoms with Gasteiger partial charge in [-0.15, -0.1) is 0 Å². The molecule has 0 radical (unpaired) electrons. The van der Waals surface area contributed by atoms with E-state index in [-0.39, 0.29) is 5.82 Å². The van der Waals surface area contributed by atoms with Crippen LogP contribution in [0.1, 0.15) is 25.1 Å². The van der Waals surface area contributed by atoms with Crippen molar-refractivity contribution in [2.24, 2.45) is 0 Å². The Balaban J connectivity index is 2.15. The fraction of sp³-hybridized carbons (Fsp3) is 0.357. The second-order valence-corrected chi connectivity index (χ2v) is 5.61. The van der Waals surface area contributed by atoms with E-state index in [2.05, 4.69) is 40.2 Å². The number of nitrogens with zero attached hydrogens (tertiary/aromatic N) is 2. The molecule has 0 aliphatic carbocycles. The molecule has 0 aliphatic heterocycles. The van der Waals surface area contributed by atoms with E-state index >= 15 is 0 Å². The van der Waals surface area contributed by atoms with Crippen LogP contribution in [0.15, 0.2) is 34.9 Å². The summed E-state index contributed by atoms with van der Waals surface area (Å²) in [5, 5.41) is 7.65. The summed E-state index contributed by atoms with van der Waals surface area (Å²) in [6.45, 7) is 5.51. The lowest BCUT2D eigenvalue weighted by Gasteiger charge is -2.11. The van der Waals surface area contributed by atoms with Crippen molar-refractivity contribution in [1.29, 1.82) is 0 Å². The summed E-state index contributed by atoms with van der Waals surface area (Å²) in [4.78, 5) is 0. The molecule has 2 rings (SSSR count). The second kappa shape index (κ2) is 6.30. The molecule has 0 saturated carbocycles. The van der Waals surface area contributed by atoms with Crippen molar-refractivity contribution in [3.05, 3.63) is 52.0 Å². The van der Waals surface area contributed by atoms with Gasteiger partial charge >= 0.3 is 0 Å². The summed E-state index contributed by atoms with van der Waals surface area (Å²) >= 11 is 3.44. The van der Waals surface area contributed by atoms with Crippen molar-refractivity contribution in [3.63, 3.8) is 0 Å². The minimum Gasteiger partial charge on any atom is -0.309 e. The summed E-state index contributed by atoms with van der Waals surface area (Å²) in [7, 11) is 0. The van der Waals surface area contributed by atoms with Gasteiger partial charge in [0.1, 0.15) is 5.82 Å². The summed E-state index contributed by atoms with van der Waals surface area (Å²) in [5.74, 6) is -0.229. The minimum atomic E-state index is -0.229. The molecule has 1 heterocycles. The van der Waals surface area contributed by atoms with Crippen LogP contribution in [0.2, 0.25) is 0 Å². The van der Waals surface area contributed by atoms with Crippen LogP contribution in [0.5, 0.6) is 0 Å². The van der Waals surface area contributed by atoms with Crippen LogP contribution in [0.3, 0.4) is 0 Å². The van der Waals surface area contributed by atoms with Crippen molar-refractivity contribution in [3.8, 4) is 0 Å². The summed E-state index contributed by atoms with van der Waals surface area (Å²) in [6, 6.07) is 7.09. The van der Waals surface area contributed by atoms with E-state index in [9.17, 15) is 4.39 Å². The first kappa shape index (κ1) is 14.2. The van der Waals surface area contributed by atoms with Crippen LogP contribution in [0.25, 0.3) is 0 Å². The number of aromatic nitrogens is 2. The quantitative estimate of drug-likeness (QED) is 0.913. The average Bonchev–Trinajstić information content (AvgIpc) is 2.79. The molecule has 0 atom stereocenters. The Labute approximate surface area is 121 Å². The molecule has 0 spiro atoms. The fourth-order valence-corrected chi connectivity index (χ4v) is 2.16. The molecule has 19 heavy (non-hydrogen) atoms. The second-order valence-electron chi connectivity index (χ2n) is 4.75. The summed E-state index contributed by atoms with van der Waals surface area (Å²) in [5.41, 5.74) is 1.97. The zero-order chi connectivity index (χ0) is 13.8. The third-order valence-electron chi connectivity index (χ3n) is 2.82. The van der Waals surface area contributed by atoms with E-state index in [1.165, 1.54) is 12.1 Å². The average molecular weight is 326 g/mol. The maximum absolute atomic E-state index is 13.3. The van der Waals surface area contributed by atoms with Crippen molar-refractivity contribution in [2.45, 2.75) is 33.0 Å². The summed E-state index contributed by atoms with van der Waals surface area (Å²) in [6.07, 6.45) is 1.77. The Morgan fingerprint density at radius 3 is 2.89 bits per heavy atom. The monoisotopic (exact) mass is 325 g/mol. The van der Waals surface area contributed by atoms with Crippen LogP contribution in [0, 0.1) is 5.82 Å². The number of halogens is 2. The van der Waals surface area contributed by atoms with E-state index in [1.54, 1.807) is 12.3 Å². The Hall–Kier alpha value is -1.20. The van der Waals surface area contributed by atoms with Gasteiger partial charge in [0.15, 0.2) is 0 Å². The smallest absolute Gasteiger partial charge is 0.123 e. The molecule has 1 N–H and O–H groups in total. The lowest BCUT2D eigenvalue weighted by atomic mass is 10.2. The Morgan fingerprint density at radius 2 is 2.16 bits per heavy atom. The van der Waals surface area contributed by atoms with E-state index in [0.717, 1.165) is 22.3 Å². The number of rotatable bonds is 5. The molecular formula is C14H17BrFN3. The predicted octanol–water partition coefficient (Wildman–Crippen LogP) is 3.33.